The van der Waals surface area contributed by atoms with Crippen LogP contribution in [0.3, 0.4) is 0 Å². The van der Waals surface area contributed by atoms with Crippen LogP contribution in [0.25, 0.3) is 0 Å². The molecule has 2 aromatic carbocycles. The number of nitrogens with zero attached hydrogens (tertiary/aromatic N) is 1. The Morgan fingerprint density at radius 1 is 1.11 bits per heavy atom. The Hall–Kier alpha value is -2.45. The second-order valence-corrected chi connectivity index (χ2v) is 8.74. The summed E-state index contributed by atoms with van der Waals surface area (Å²) in [5.74, 6) is -0.682. The lowest BCUT2D eigenvalue weighted by molar-refractivity contribution is -0.0586. The summed E-state index contributed by atoms with van der Waals surface area (Å²) in [6.07, 6.45) is -0.167. The maximum atomic E-state index is 13.0. The molecule has 0 bridgehead atoms. The molecule has 1 aliphatic heterocycles. The summed E-state index contributed by atoms with van der Waals surface area (Å²) in [5.41, 5.74) is 1.27. The second-order valence-electron chi connectivity index (χ2n) is 7.06. The molecule has 1 fully saturated rings. The van der Waals surface area contributed by atoms with E-state index in [9.17, 15) is 17.6 Å². The van der Waals surface area contributed by atoms with E-state index in [4.69, 9.17) is 4.74 Å². The van der Waals surface area contributed by atoms with Gasteiger partial charge in [0.1, 0.15) is 5.82 Å². The molecule has 0 saturated carbocycles. The van der Waals surface area contributed by atoms with Crippen LogP contribution in [-0.2, 0) is 14.8 Å². The van der Waals surface area contributed by atoms with E-state index in [1.54, 1.807) is 17.9 Å². The molecule has 28 heavy (non-hydrogen) atoms. The minimum atomic E-state index is -3.92. The number of rotatable bonds is 4. The highest BCUT2D eigenvalue weighted by molar-refractivity contribution is 7.92. The maximum Gasteiger partial charge on any atom is 0.261 e. The number of sulfonamides is 1. The fourth-order valence-electron chi connectivity index (χ4n) is 3.24. The summed E-state index contributed by atoms with van der Waals surface area (Å²) < 4.78 is 46.5. The van der Waals surface area contributed by atoms with Crippen molar-refractivity contribution in [1.29, 1.82) is 0 Å². The standard InChI is InChI=1S/C20H23FN2O4S/c1-13-4-9-18(28(25,26)22-17-7-5-16(21)6-8-17)10-19(13)20(24)23-11-14(2)27-15(3)12-23/h4-10,14-15,22H,11-12H2,1-3H3. The van der Waals surface area contributed by atoms with E-state index in [2.05, 4.69) is 4.72 Å². The summed E-state index contributed by atoms with van der Waals surface area (Å²) in [6, 6.07) is 9.45. The average Bonchev–Trinajstić information content (AvgIpc) is 2.62. The number of nitrogens with one attached hydrogen (secondary N) is 1. The first-order chi connectivity index (χ1) is 13.2. The van der Waals surface area contributed by atoms with Gasteiger partial charge in [-0.3, -0.25) is 9.52 Å². The lowest BCUT2D eigenvalue weighted by Crippen LogP contribution is -2.48. The Bertz CT molecular complexity index is 966. The van der Waals surface area contributed by atoms with E-state index in [0.717, 1.165) is 0 Å². The van der Waals surface area contributed by atoms with Crippen molar-refractivity contribution < 1.29 is 22.3 Å². The second kappa shape index (κ2) is 7.89. The first-order valence-electron chi connectivity index (χ1n) is 8.99. The van der Waals surface area contributed by atoms with Gasteiger partial charge >= 0.3 is 0 Å². The number of amides is 1. The molecule has 1 N–H and O–H groups in total. The molecule has 0 aromatic heterocycles. The quantitative estimate of drug-likeness (QED) is 0.846. The van der Waals surface area contributed by atoms with E-state index in [0.29, 0.717) is 24.2 Å². The van der Waals surface area contributed by atoms with Crippen LogP contribution in [0.2, 0.25) is 0 Å². The van der Waals surface area contributed by atoms with Gasteiger partial charge in [-0.15, -0.1) is 0 Å². The number of hydrogen-bond donors (Lipinski definition) is 1. The van der Waals surface area contributed by atoms with E-state index < -0.39 is 15.8 Å². The molecule has 0 radical (unpaired) electrons. The fourth-order valence-corrected chi connectivity index (χ4v) is 4.33. The average molecular weight is 406 g/mol. The maximum absolute atomic E-state index is 13.0. The van der Waals surface area contributed by atoms with Crippen LogP contribution in [0, 0.1) is 12.7 Å². The predicted octanol–water partition coefficient (Wildman–Crippen LogP) is 3.18. The Kier molecular flexibility index (Phi) is 5.71. The van der Waals surface area contributed by atoms with Crippen LogP contribution in [0.4, 0.5) is 10.1 Å². The molecule has 150 valence electrons. The van der Waals surface area contributed by atoms with E-state index in [1.807, 2.05) is 13.8 Å². The third-order valence-corrected chi connectivity index (χ3v) is 5.93. The Labute approximate surface area is 164 Å². The van der Waals surface area contributed by atoms with Crippen molar-refractivity contribution in [3.05, 3.63) is 59.4 Å². The lowest BCUT2D eigenvalue weighted by Gasteiger charge is -2.35. The molecule has 1 saturated heterocycles. The monoisotopic (exact) mass is 406 g/mol. The predicted molar refractivity (Wildman–Crippen MR) is 104 cm³/mol. The third kappa shape index (κ3) is 4.51. The number of anilines is 1. The first kappa shape index (κ1) is 20.3. The number of aryl methyl sites for hydroxylation is 1. The molecule has 1 amide bonds. The van der Waals surface area contributed by atoms with Crippen LogP contribution in [-0.4, -0.2) is 44.5 Å². The van der Waals surface area contributed by atoms with Gasteiger partial charge in [-0.1, -0.05) is 6.07 Å². The lowest BCUT2D eigenvalue weighted by atomic mass is 10.1. The Morgan fingerprint density at radius 2 is 1.71 bits per heavy atom. The van der Waals surface area contributed by atoms with Gasteiger partial charge in [0.2, 0.25) is 0 Å². The molecule has 2 unspecified atom stereocenters. The number of hydrogen-bond acceptors (Lipinski definition) is 4. The number of ether oxygens (including phenoxy) is 1. The van der Waals surface area contributed by atoms with E-state index in [1.165, 1.54) is 36.4 Å². The Morgan fingerprint density at radius 3 is 2.32 bits per heavy atom. The molecular formula is C20H23FN2O4S. The normalized spacial score (nSPS) is 20.1. The van der Waals surface area contributed by atoms with Crippen LogP contribution >= 0.6 is 0 Å². The van der Waals surface area contributed by atoms with Gasteiger partial charge in [0.05, 0.1) is 17.1 Å². The number of benzene rings is 2. The molecule has 0 spiro atoms. The fraction of sp³-hybridized carbons (Fsp3) is 0.350. The van der Waals surface area contributed by atoms with Crippen molar-refractivity contribution in [3.8, 4) is 0 Å². The van der Waals surface area contributed by atoms with E-state index in [-0.39, 0.29) is 28.7 Å². The van der Waals surface area contributed by atoms with Gasteiger partial charge in [-0.25, -0.2) is 12.8 Å². The zero-order valence-corrected chi connectivity index (χ0v) is 16.8. The van der Waals surface area contributed by atoms with Crippen LogP contribution in [0.5, 0.6) is 0 Å². The molecular weight excluding hydrogens is 383 g/mol. The van der Waals surface area contributed by atoms with Crippen molar-refractivity contribution >= 4 is 21.6 Å². The summed E-state index contributed by atoms with van der Waals surface area (Å²) in [5, 5.41) is 0. The highest BCUT2D eigenvalue weighted by Gasteiger charge is 2.28. The van der Waals surface area contributed by atoms with Gasteiger partial charge in [-0.2, -0.15) is 0 Å². The zero-order valence-electron chi connectivity index (χ0n) is 16.0. The van der Waals surface area contributed by atoms with Crippen molar-refractivity contribution in [2.24, 2.45) is 0 Å². The molecule has 1 aliphatic rings. The van der Waals surface area contributed by atoms with Crippen molar-refractivity contribution in [1.82, 2.24) is 4.90 Å². The minimum absolute atomic E-state index is 0.0277. The largest absolute Gasteiger partial charge is 0.372 e. The molecule has 6 nitrogen and oxygen atoms in total. The molecule has 2 aromatic rings. The summed E-state index contributed by atoms with van der Waals surface area (Å²) >= 11 is 0. The molecule has 0 aliphatic carbocycles. The van der Waals surface area contributed by atoms with Crippen LogP contribution in [0.1, 0.15) is 29.8 Å². The third-order valence-electron chi connectivity index (χ3n) is 4.55. The topological polar surface area (TPSA) is 75.7 Å². The summed E-state index contributed by atoms with van der Waals surface area (Å²) in [6.45, 7) is 6.47. The van der Waals surface area contributed by atoms with Gasteiger partial charge in [0, 0.05) is 24.3 Å². The zero-order chi connectivity index (χ0) is 20.5. The van der Waals surface area contributed by atoms with Gasteiger partial charge in [-0.05, 0) is 62.7 Å². The molecule has 2 atom stereocenters. The first-order valence-corrected chi connectivity index (χ1v) is 10.5. The van der Waals surface area contributed by atoms with Crippen molar-refractivity contribution in [2.75, 3.05) is 17.8 Å². The van der Waals surface area contributed by atoms with Gasteiger partial charge in [0.15, 0.2) is 0 Å². The van der Waals surface area contributed by atoms with Crippen LogP contribution in [0.15, 0.2) is 47.4 Å². The van der Waals surface area contributed by atoms with Crippen molar-refractivity contribution in [3.63, 3.8) is 0 Å². The highest BCUT2D eigenvalue weighted by atomic mass is 32.2. The van der Waals surface area contributed by atoms with E-state index >= 15 is 0 Å². The Balaban J connectivity index is 1.88. The number of carbonyl (C=O) groups excluding carboxylic acids is 1. The highest BCUT2D eigenvalue weighted by Crippen LogP contribution is 2.22. The number of morpholine rings is 1. The number of halogens is 1. The van der Waals surface area contributed by atoms with Gasteiger partial charge in [0.25, 0.3) is 15.9 Å². The SMILES string of the molecule is Cc1ccc(S(=O)(=O)Nc2ccc(F)cc2)cc1C(=O)N1CC(C)OC(C)C1. The van der Waals surface area contributed by atoms with Crippen molar-refractivity contribution in [2.45, 2.75) is 37.9 Å². The summed E-state index contributed by atoms with van der Waals surface area (Å²) in [4.78, 5) is 14.7. The molecule has 3 rings (SSSR count). The molecule has 8 heteroatoms. The molecule has 1 heterocycles. The smallest absolute Gasteiger partial charge is 0.261 e. The minimum Gasteiger partial charge on any atom is -0.372 e. The van der Waals surface area contributed by atoms with Gasteiger partial charge < -0.3 is 9.64 Å². The number of carbonyl (C=O) groups is 1. The van der Waals surface area contributed by atoms with Crippen LogP contribution < -0.4 is 4.72 Å². The summed E-state index contributed by atoms with van der Waals surface area (Å²) in [7, 11) is -3.92.